The molecule has 1 saturated heterocycles. The molecule has 2 aromatic rings. The van der Waals surface area contributed by atoms with Crippen molar-refractivity contribution in [3.8, 4) is 0 Å². The number of aromatic amines is 1. The summed E-state index contributed by atoms with van der Waals surface area (Å²) in [7, 11) is 1.27. The van der Waals surface area contributed by atoms with Gasteiger partial charge in [0.05, 0.1) is 24.1 Å². The molecule has 1 atom stereocenters. The van der Waals surface area contributed by atoms with Crippen LogP contribution in [0.5, 0.6) is 0 Å². The summed E-state index contributed by atoms with van der Waals surface area (Å²) >= 11 is 0. The smallest absolute Gasteiger partial charge is 0.407 e. The van der Waals surface area contributed by atoms with E-state index in [4.69, 9.17) is 0 Å². The van der Waals surface area contributed by atoms with Crippen LogP contribution in [0.3, 0.4) is 0 Å². The number of nitrogens with one attached hydrogen (secondary N) is 2. The van der Waals surface area contributed by atoms with Gasteiger partial charge in [-0.3, -0.25) is 4.79 Å². The van der Waals surface area contributed by atoms with Crippen molar-refractivity contribution in [2.45, 2.75) is 18.9 Å². The molecule has 7 nitrogen and oxygen atoms in total. The second kappa shape index (κ2) is 5.67. The summed E-state index contributed by atoms with van der Waals surface area (Å²) in [4.78, 5) is 32.8. The maximum atomic E-state index is 12.2. The van der Waals surface area contributed by atoms with Crippen LogP contribution in [-0.2, 0) is 9.53 Å². The number of aromatic nitrogens is 2. The van der Waals surface area contributed by atoms with Crippen LogP contribution in [0.15, 0.2) is 24.3 Å². The molecule has 0 saturated carbocycles. The predicted molar refractivity (Wildman–Crippen MR) is 80.4 cm³/mol. The van der Waals surface area contributed by atoms with Gasteiger partial charge in [0.1, 0.15) is 11.9 Å². The Morgan fingerprint density at radius 3 is 2.82 bits per heavy atom. The van der Waals surface area contributed by atoms with Crippen molar-refractivity contribution in [3.05, 3.63) is 30.1 Å². The van der Waals surface area contributed by atoms with E-state index >= 15 is 0 Å². The second-order valence-electron chi connectivity index (χ2n) is 5.44. The lowest BCUT2D eigenvalue weighted by atomic mass is 9.98. The Balaban J connectivity index is 1.59. The first kappa shape index (κ1) is 14.4. The van der Waals surface area contributed by atoms with E-state index in [0.29, 0.717) is 13.1 Å². The fourth-order valence-electron chi connectivity index (χ4n) is 2.57. The number of ether oxygens (including phenoxy) is 1. The molecule has 1 aromatic carbocycles. The molecule has 2 heterocycles. The zero-order chi connectivity index (χ0) is 15.7. The number of rotatable bonds is 3. The summed E-state index contributed by atoms with van der Waals surface area (Å²) in [5.74, 6) is 0.998. The highest BCUT2D eigenvalue weighted by molar-refractivity contribution is 5.86. The largest absolute Gasteiger partial charge is 0.453 e. The number of para-hydroxylation sites is 2. The molecule has 0 unspecified atom stereocenters. The number of likely N-dealkylation sites (tertiary alicyclic amines) is 1. The first-order valence-electron chi connectivity index (χ1n) is 7.16. The van der Waals surface area contributed by atoms with Crippen LogP contribution in [0.4, 0.5) is 4.79 Å². The van der Waals surface area contributed by atoms with E-state index in [1.165, 1.54) is 7.11 Å². The number of amides is 2. The fourth-order valence-corrected chi connectivity index (χ4v) is 2.57. The predicted octanol–water partition coefficient (Wildman–Crippen LogP) is 1.23. The average Bonchev–Trinajstić information content (AvgIpc) is 2.88. The van der Waals surface area contributed by atoms with Gasteiger partial charge in [0.25, 0.3) is 0 Å². The van der Waals surface area contributed by atoms with Gasteiger partial charge in [-0.25, -0.2) is 9.78 Å². The summed E-state index contributed by atoms with van der Waals surface area (Å²) in [5.41, 5.74) is 1.94. The van der Waals surface area contributed by atoms with E-state index in [0.717, 1.165) is 16.9 Å². The lowest BCUT2D eigenvalue weighted by Gasteiger charge is -2.39. The number of benzene rings is 1. The molecule has 0 aliphatic carbocycles. The van der Waals surface area contributed by atoms with Gasteiger partial charge < -0.3 is 19.9 Å². The van der Waals surface area contributed by atoms with Gasteiger partial charge in [-0.05, 0) is 19.1 Å². The van der Waals surface area contributed by atoms with Crippen molar-refractivity contribution in [1.29, 1.82) is 0 Å². The first-order chi connectivity index (χ1) is 10.6. The molecule has 116 valence electrons. The SMILES string of the molecule is COC(=O)N[C@@H](C)C(=O)N1CC(c2nc3ccccc3[nH]2)C1. The molecule has 0 radical (unpaired) electrons. The highest BCUT2D eigenvalue weighted by atomic mass is 16.5. The van der Waals surface area contributed by atoms with Gasteiger partial charge in [0, 0.05) is 13.1 Å². The monoisotopic (exact) mass is 302 g/mol. The van der Waals surface area contributed by atoms with Crippen LogP contribution < -0.4 is 5.32 Å². The van der Waals surface area contributed by atoms with Crippen LogP contribution in [0.2, 0.25) is 0 Å². The Bertz CT molecular complexity index is 673. The zero-order valence-electron chi connectivity index (χ0n) is 12.5. The Kier molecular flexibility index (Phi) is 3.70. The Morgan fingerprint density at radius 2 is 2.14 bits per heavy atom. The van der Waals surface area contributed by atoms with E-state index in [2.05, 4.69) is 20.0 Å². The quantitative estimate of drug-likeness (QED) is 0.893. The number of methoxy groups -OCH3 is 1. The van der Waals surface area contributed by atoms with Crippen molar-refractivity contribution in [3.63, 3.8) is 0 Å². The molecule has 1 aromatic heterocycles. The molecule has 1 fully saturated rings. The van der Waals surface area contributed by atoms with Crippen molar-refractivity contribution in [2.24, 2.45) is 0 Å². The van der Waals surface area contributed by atoms with Crippen LogP contribution in [-0.4, -0.2) is 53.1 Å². The zero-order valence-corrected chi connectivity index (χ0v) is 12.5. The molecule has 2 amide bonds. The molecule has 2 N–H and O–H groups in total. The van der Waals surface area contributed by atoms with Crippen LogP contribution >= 0.6 is 0 Å². The molecule has 0 spiro atoms. The van der Waals surface area contributed by atoms with Gasteiger partial charge >= 0.3 is 6.09 Å². The third kappa shape index (κ3) is 2.61. The lowest BCUT2D eigenvalue weighted by molar-refractivity contribution is -0.137. The third-order valence-corrected chi connectivity index (χ3v) is 3.88. The number of carbonyl (C=O) groups excluding carboxylic acids is 2. The van der Waals surface area contributed by atoms with Gasteiger partial charge in [0.2, 0.25) is 5.91 Å². The van der Waals surface area contributed by atoms with E-state index in [-0.39, 0.29) is 11.8 Å². The molecule has 1 aliphatic heterocycles. The summed E-state index contributed by atoms with van der Waals surface area (Å²) < 4.78 is 4.49. The molecule has 0 bridgehead atoms. The molecular weight excluding hydrogens is 284 g/mol. The number of nitrogens with zero attached hydrogens (tertiary/aromatic N) is 2. The number of carbonyl (C=O) groups is 2. The van der Waals surface area contributed by atoms with Crippen LogP contribution in [0.1, 0.15) is 18.7 Å². The number of alkyl carbamates (subject to hydrolysis) is 1. The van der Waals surface area contributed by atoms with Gasteiger partial charge in [0.15, 0.2) is 0 Å². The van der Waals surface area contributed by atoms with Crippen molar-refractivity contribution >= 4 is 23.0 Å². The second-order valence-corrected chi connectivity index (χ2v) is 5.44. The first-order valence-corrected chi connectivity index (χ1v) is 7.16. The van der Waals surface area contributed by atoms with Crippen molar-refractivity contribution < 1.29 is 14.3 Å². The van der Waals surface area contributed by atoms with Crippen molar-refractivity contribution in [1.82, 2.24) is 20.2 Å². The molecule has 22 heavy (non-hydrogen) atoms. The summed E-state index contributed by atoms with van der Waals surface area (Å²) in [6, 6.07) is 7.25. The molecule has 3 rings (SSSR count). The standard InChI is InChI=1S/C15H18N4O3/c1-9(16-15(21)22-2)14(20)19-7-10(8-19)13-17-11-5-3-4-6-12(11)18-13/h3-6,9-10H,7-8H2,1-2H3,(H,16,21)(H,17,18)/t9-/m0/s1. The highest BCUT2D eigenvalue weighted by Gasteiger charge is 2.36. The third-order valence-electron chi connectivity index (χ3n) is 3.88. The molecule has 7 heteroatoms. The van der Waals surface area contributed by atoms with E-state index in [1.54, 1.807) is 11.8 Å². The van der Waals surface area contributed by atoms with Crippen LogP contribution in [0, 0.1) is 0 Å². The Hall–Kier alpha value is -2.57. The van der Waals surface area contributed by atoms with Gasteiger partial charge in [-0.1, -0.05) is 12.1 Å². The summed E-state index contributed by atoms with van der Waals surface area (Å²) in [6.07, 6.45) is -0.602. The average molecular weight is 302 g/mol. The minimum Gasteiger partial charge on any atom is -0.453 e. The maximum absolute atomic E-state index is 12.2. The molecule has 1 aliphatic rings. The highest BCUT2D eigenvalue weighted by Crippen LogP contribution is 2.27. The summed E-state index contributed by atoms with van der Waals surface area (Å²) in [5, 5.41) is 2.48. The number of fused-ring (bicyclic) bond motifs is 1. The number of H-pyrrole nitrogens is 1. The number of hydrogen-bond acceptors (Lipinski definition) is 4. The van der Waals surface area contributed by atoms with Gasteiger partial charge in [-0.2, -0.15) is 0 Å². The summed E-state index contributed by atoms with van der Waals surface area (Å²) in [6.45, 7) is 2.85. The van der Waals surface area contributed by atoms with E-state index in [9.17, 15) is 9.59 Å². The minimum absolute atomic E-state index is 0.113. The van der Waals surface area contributed by atoms with E-state index < -0.39 is 12.1 Å². The van der Waals surface area contributed by atoms with E-state index in [1.807, 2.05) is 24.3 Å². The number of imidazole rings is 1. The molecular formula is C15H18N4O3. The Labute approximate surface area is 127 Å². The van der Waals surface area contributed by atoms with Gasteiger partial charge in [-0.15, -0.1) is 0 Å². The number of hydrogen-bond donors (Lipinski definition) is 2. The van der Waals surface area contributed by atoms with Crippen molar-refractivity contribution in [2.75, 3.05) is 20.2 Å². The van der Waals surface area contributed by atoms with Crippen LogP contribution in [0.25, 0.3) is 11.0 Å². The lowest BCUT2D eigenvalue weighted by Crippen LogP contribution is -2.55. The maximum Gasteiger partial charge on any atom is 0.407 e. The Morgan fingerprint density at radius 1 is 1.41 bits per heavy atom. The fraction of sp³-hybridized carbons (Fsp3) is 0.400. The normalized spacial score (nSPS) is 16.2. The topological polar surface area (TPSA) is 87.3 Å². The minimum atomic E-state index is -0.602.